The molecule has 292 valence electrons. The lowest BCUT2D eigenvalue weighted by molar-refractivity contribution is 0.324. The molecule has 0 saturated carbocycles. The number of rotatable bonds is 10. The summed E-state index contributed by atoms with van der Waals surface area (Å²) in [5.74, 6) is 4.65. The highest BCUT2D eigenvalue weighted by Crippen LogP contribution is 2.40. The van der Waals surface area contributed by atoms with Crippen molar-refractivity contribution < 1.29 is 28.4 Å². The fourth-order valence-electron chi connectivity index (χ4n) is 6.02. The topological polar surface area (TPSA) is 129 Å². The molecule has 0 amide bonds. The number of benzene rings is 6. The molecule has 0 bridgehead atoms. The SMILES string of the molecule is Brc1ccc2ccccc2c1.COc1cc(-n2cnc(N)c2)cc(OC)c1OC.COc1cc(-n2cnc(Nc3ccc4ccccc4c3)c2)cc(OC)c1OC. The summed E-state index contributed by atoms with van der Waals surface area (Å²) >= 11 is 3.43. The van der Waals surface area contributed by atoms with Gasteiger partial charge in [-0.2, -0.15) is 0 Å². The van der Waals surface area contributed by atoms with E-state index in [1.165, 1.54) is 21.5 Å². The van der Waals surface area contributed by atoms with Gasteiger partial charge in [-0.15, -0.1) is 0 Å². The van der Waals surface area contributed by atoms with E-state index < -0.39 is 0 Å². The molecule has 0 fully saturated rings. The number of hydrogen-bond donors (Lipinski definition) is 2. The average Bonchev–Trinajstić information content (AvgIpc) is 3.91. The monoisotopic (exact) mass is 830 g/mol. The fraction of sp³-hybridized carbons (Fsp3) is 0.136. The van der Waals surface area contributed by atoms with E-state index in [2.05, 4.69) is 97.9 Å². The van der Waals surface area contributed by atoms with E-state index in [4.69, 9.17) is 34.2 Å². The van der Waals surface area contributed by atoms with Crippen molar-refractivity contribution in [2.24, 2.45) is 0 Å². The molecule has 8 rings (SSSR count). The molecule has 2 heterocycles. The molecule has 6 aromatic carbocycles. The average molecular weight is 832 g/mol. The van der Waals surface area contributed by atoms with E-state index in [1.807, 2.05) is 53.2 Å². The summed E-state index contributed by atoms with van der Waals surface area (Å²) in [6.07, 6.45) is 6.98. The highest BCUT2D eigenvalue weighted by Gasteiger charge is 2.16. The molecule has 0 unspecified atom stereocenters. The second-order valence-corrected chi connectivity index (χ2v) is 13.2. The number of nitrogens with two attached hydrogens (primary N) is 1. The minimum atomic E-state index is 0.448. The number of anilines is 3. The molecule has 8 aromatic rings. The number of nitrogen functional groups attached to an aromatic ring is 1. The van der Waals surface area contributed by atoms with Gasteiger partial charge in [0.05, 0.1) is 66.4 Å². The Labute approximate surface area is 339 Å². The standard InChI is InChI=1S/C22H21N3O3.C12H15N3O3.C10H7Br/c1-26-19-11-18(12-20(27-2)22(19)28-3)25-13-21(23-14-25)24-17-9-8-15-6-4-5-7-16(15)10-17;1-16-9-4-8(15-6-11(13)14-7-15)5-10(17-2)12(9)18-3;11-10-6-5-8-3-1-2-4-9(8)7-10/h4-14,24H,1-3H3;4-7H,13H2,1-3H3;1-7H. The molecule has 0 aliphatic rings. The van der Waals surface area contributed by atoms with Gasteiger partial charge in [0, 0.05) is 34.4 Å². The second-order valence-electron chi connectivity index (χ2n) is 12.3. The maximum atomic E-state index is 5.59. The first kappa shape index (κ1) is 39.8. The van der Waals surface area contributed by atoms with Gasteiger partial charge >= 0.3 is 0 Å². The van der Waals surface area contributed by atoms with Crippen molar-refractivity contribution in [2.75, 3.05) is 53.7 Å². The number of hydrogen-bond acceptors (Lipinski definition) is 10. The van der Waals surface area contributed by atoms with Crippen LogP contribution in [0.5, 0.6) is 34.5 Å². The van der Waals surface area contributed by atoms with Crippen molar-refractivity contribution in [1.29, 1.82) is 0 Å². The molecule has 13 heteroatoms. The fourth-order valence-corrected chi connectivity index (χ4v) is 6.39. The minimum Gasteiger partial charge on any atom is -0.493 e. The Kier molecular flexibility index (Phi) is 13.0. The van der Waals surface area contributed by atoms with Gasteiger partial charge in [-0.25, -0.2) is 9.97 Å². The van der Waals surface area contributed by atoms with Crippen molar-refractivity contribution in [3.63, 3.8) is 0 Å². The Bertz CT molecular complexity index is 2540. The van der Waals surface area contributed by atoms with Crippen LogP contribution in [0.2, 0.25) is 0 Å². The van der Waals surface area contributed by atoms with Gasteiger partial charge < -0.3 is 48.6 Å². The van der Waals surface area contributed by atoms with Gasteiger partial charge in [0.1, 0.15) is 24.3 Å². The predicted octanol–water partition coefficient (Wildman–Crippen LogP) is 9.88. The highest BCUT2D eigenvalue weighted by atomic mass is 79.9. The van der Waals surface area contributed by atoms with Gasteiger partial charge in [-0.1, -0.05) is 76.6 Å². The maximum Gasteiger partial charge on any atom is 0.203 e. The molecule has 0 saturated heterocycles. The largest absolute Gasteiger partial charge is 0.493 e. The van der Waals surface area contributed by atoms with Gasteiger partial charge in [0.2, 0.25) is 11.5 Å². The summed E-state index contributed by atoms with van der Waals surface area (Å²) in [7, 11) is 9.49. The van der Waals surface area contributed by atoms with Crippen LogP contribution >= 0.6 is 15.9 Å². The van der Waals surface area contributed by atoms with E-state index in [1.54, 1.807) is 66.1 Å². The van der Waals surface area contributed by atoms with Crippen LogP contribution in [-0.4, -0.2) is 61.8 Å². The zero-order valence-electron chi connectivity index (χ0n) is 32.4. The van der Waals surface area contributed by atoms with E-state index in [9.17, 15) is 0 Å². The van der Waals surface area contributed by atoms with Crippen LogP contribution in [0.3, 0.4) is 0 Å². The van der Waals surface area contributed by atoms with Crippen molar-refractivity contribution in [3.8, 4) is 45.9 Å². The first-order valence-electron chi connectivity index (χ1n) is 17.6. The zero-order valence-corrected chi connectivity index (χ0v) is 34.0. The molecule has 0 aliphatic heterocycles. The van der Waals surface area contributed by atoms with E-state index in [0.29, 0.717) is 40.3 Å². The summed E-state index contributed by atoms with van der Waals surface area (Å²) in [5.41, 5.74) is 8.26. The summed E-state index contributed by atoms with van der Waals surface area (Å²) in [6.45, 7) is 0. The molecule has 2 aromatic heterocycles. The number of methoxy groups -OCH3 is 6. The molecular weight excluding hydrogens is 788 g/mol. The molecule has 0 spiro atoms. The number of nitrogens with zero attached hydrogens (tertiary/aromatic N) is 4. The van der Waals surface area contributed by atoms with Gasteiger partial charge in [0.15, 0.2) is 23.0 Å². The van der Waals surface area contributed by atoms with Crippen molar-refractivity contribution >= 4 is 54.8 Å². The molecule has 3 N–H and O–H groups in total. The van der Waals surface area contributed by atoms with Crippen LogP contribution in [-0.2, 0) is 0 Å². The molecule has 0 aliphatic carbocycles. The van der Waals surface area contributed by atoms with Crippen LogP contribution in [0.25, 0.3) is 32.9 Å². The van der Waals surface area contributed by atoms with E-state index >= 15 is 0 Å². The molecular formula is C44H43BrN6O6. The van der Waals surface area contributed by atoms with Gasteiger partial charge in [-0.3, -0.25) is 0 Å². The van der Waals surface area contributed by atoms with E-state index in [-0.39, 0.29) is 0 Å². The smallest absolute Gasteiger partial charge is 0.203 e. The zero-order chi connectivity index (χ0) is 40.3. The first-order valence-corrected chi connectivity index (χ1v) is 18.4. The van der Waals surface area contributed by atoms with Crippen LogP contribution in [0.15, 0.2) is 139 Å². The van der Waals surface area contributed by atoms with Gasteiger partial charge in [0.25, 0.3) is 0 Å². The Morgan fingerprint density at radius 2 is 0.965 bits per heavy atom. The Hall–Kier alpha value is -6.86. The second kappa shape index (κ2) is 18.7. The third-order valence-corrected chi connectivity index (χ3v) is 9.31. The number of aromatic nitrogens is 4. The molecule has 57 heavy (non-hydrogen) atoms. The predicted molar refractivity (Wildman–Crippen MR) is 230 cm³/mol. The summed E-state index contributed by atoms with van der Waals surface area (Å²) in [4.78, 5) is 8.43. The summed E-state index contributed by atoms with van der Waals surface area (Å²) in [6, 6.07) is 36.5. The third kappa shape index (κ3) is 9.51. The Balaban J connectivity index is 0.000000161. The first-order chi connectivity index (χ1) is 27.8. The van der Waals surface area contributed by atoms with E-state index in [0.717, 1.165) is 27.4 Å². The number of fused-ring (bicyclic) bond motifs is 2. The normalized spacial score (nSPS) is 10.4. The number of imidazole rings is 2. The van der Waals surface area contributed by atoms with Crippen LogP contribution < -0.4 is 39.5 Å². The maximum absolute atomic E-state index is 5.59. The lowest BCUT2D eigenvalue weighted by atomic mass is 10.1. The quantitative estimate of drug-likeness (QED) is 0.137. The number of nitrogens with one attached hydrogen (secondary N) is 1. The van der Waals surface area contributed by atoms with Crippen molar-refractivity contribution in [1.82, 2.24) is 19.1 Å². The lowest BCUT2D eigenvalue weighted by Crippen LogP contribution is -1.98. The molecule has 12 nitrogen and oxygen atoms in total. The van der Waals surface area contributed by atoms with Crippen LogP contribution in [0, 0.1) is 0 Å². The van der Waals surface area contributed by atoms with Crippen molar-refractivity contribution in [2.45, 2.75) is 0 Å². The third-order valence-electron chi connectivity index (χ3n) is 8.81. The van der Waals surface area contributed by atoms with Crippen LogP contribution in [0.4, 0.5) is 17.3 Å². The number of ether oxygens (including phenoxy) is 6. The molecule has 0 atom stereocenters. The Morgan fingerprint density at radius 1 is 0.509 bits per heavy atom. The Morgan fingerprint density at radius 3 is 1.44 bits per heavy atom. The minimum absolute atomic E-state index is 0.448. The molecule has 0 radical (unpaired) electrons. The van der Waals surface area contributed by atoms with Crippen LogP contribution in [0.1, 0.15) is 0 Å². The van der Waals surface area contributed by atoms with Crippen molar-refractivity contribution in [3.05, 3.63) is 139 Å². The lowest BCUT2D eigenvalue weighted by Gasteiger charge is -2.14. The highest BCUT2D eigenvalue weighted by molar-refractivity contribution is 9.10. The summed E-state index contributed by atoms with van der Waals surface area (Å²) < 4.78 is 36.9. The van der Waals surface area contributed by atoms with Gasteiger partial charge in [-0.05, 0) is 45.8 Å². The number of halogens is 1. The summed E-state index contributed by atoms with van der Waals surface area (Å²) in [5, 5.41) is 8.30.